The number of hydrogen-bond donors (Lipinski definition) is 11. The first-order valence-corrected chi connectivity index (χ1v) is 47.5. The van der Waals surface area contributed by atoms with Gasteiger partial charge in [0.2, 0.25) is 59.3 Å². The standard InChI is InChI=1S/C24H30BrN7O.C23H28BrN7O.C23H27ClN10.C19H29ClN6O2S/c1-27-22(33)19-6-2-18(3-7-19)16-32(13-10-17-4-8-20(25)9-5-17)21-11-14-31(15-12-21)24-28-23(26)29-30-24;24-19-7-3-16(4-8-19)9-12-31(15-17-1-5-18(6-2-17)21(25)32)20-10-13-30(14-11-20)23-27-22(26)28-29-23;24-19-6-4-16(5-7-19)8-11-34(15-17-2-1-3-18(14-17)21-27-31-32-28-21)20-9-12-33(13-10-20)23-26-22(25)29-30-23;1-2-29(27,28)14-13-25(10-7-15-3-5-16(20)6-4-15)17-8-11-26(12-9-17)19-22-18(21)23-24-19/h2-9,21H,10-16H2,1H3,(H,27,33)(H3,26,28,29,30);1-8,20H,9-15H2,(H2,25,32)(H3,26,27,28,29);1-7,14,20H,8-13,15H2,(H3,25,26,29,30)(H,27,28,31,32);3-6,17H,2,7-14H2,1H3,(H3,21,22,23,24). The number of anilines is 8. The number of sulfone groups is 1. The molecular formula is C89H114Br2Cl2N30O4S. The van der Waals surface area contributed by atoms with Crippen LogP contribution in [-0.4, -0.2) is 249 Å². The number of nitrogens with one attached hydrogen (secondary N) is 6. The fourth-order valence-corrected chi connectivity index (χ4v) is 18.2. The Kier molecular flexibility index (Phi) is 34.5. The third kappa shape index (κ3) is 28.4. The Labute approximate surface area is 773 Å². The number of amides is 2. The largest absolute Gasteiger partial charge is 0.368 e. The number of nitrogens with two attached hydrogens (primary N) is 5. The van der Waals surface area contributed by atoms with E-state index in [4.69, 9.17) is 51.9 Å². The molecule has 0 saturated carbocycles. The van der Waals surface area contributed by atoms with Crippen molar-refractivity contribution in [1.82, 2.24) is 106 Å². The normalized spacial score (nSPS) is 15.0. The number of H-pyrrole nitrogens is 5. The Hall–Kier alpha value is -11.2. The van der Waals surface area contributed by atoms with Gasteiger partial charge in [0.1, 0.15) is 0 Å². The minimum atomic E-state index is -3.00. The minimum absolute atomic E-state index is 0.0615. The number of carbonyl (C=O) groups excluding carboxylic acids is 2. The number of benzene rings is 7. The number of primary amides is 1. The zero-order valence-corrected chi connectivity index (χ0v) is 77.6. The Morgan fingerprint density at radius 3 is 1.09 bits per heavy atom. The van der Waals surface area contributed by atoms with Gasteiger partial charge in [-0.25, -0.2) is 28.8 Å². The summed E-state index contributed by atoms with van der Waals surface area (Å²) < 4.78 is 26.3. The Morgan fingerprint density at radius 2 is 0.766 bits per heavy atom. The second-order valence-electron chi connectivity index (χ2n) is 32.4. The summed E-state index contributed by atoms with van der Waals surface area (Å²) in [5.41, 5.74) is 39.0. The Balaban J connectivity index is 0.000000146. The number of carbonyl (C=O) groups is 2. The maximum absolute atomic E-state index is 12.1. The van der Waals surface area contributed by atoms with Crippen LogP contribution in [0.4, 0.5) is 47.6 Å². The van der Waals surface area contributed by atoms with Gasteiger partial charge in [-0.1, -0.05) is 153 Å². The lowest BCUT2D eigenvalue weighted by Gasteiger charge is -2.38. The van der Waals surface area contributed by atoms with Crippen LogP contribution in [0.1, 0.15) is 118 Å². The number of halogens is 4. The summed E-state index contributed by atoms with van der Waals surface area (Å²) in [5.74, 6) is 4.54. The second-order valence-corrected chi connectivity index (χ2v) is 37.6. The number of tetrazole rings is 1. The predicted octanol–water partition coefficient (Wildman–Crippen LogP) is 11.1. The molecule has 0 aliphatic carbocycles. The van der Waals surface area contributed by atoms with Crippen LogP contribution >= 0.6 is 55.1 Å². The maximum Gasteiger partial charge on any atom is 0.251 e. The van der Waals surface area contributed by atoms with E-state index in [1.165, 1.54) is 38.9 Å². The van der Waals surface area contributed by atoms with Crippen LogP contribution in [0.15, 0.2) is 179 Å². The number of hydrogen-bond acceptors (Lipinski definition) is 27. The van der Waals surface area contributed by atoms with Crippen molar-refractivity contribution in [3.63, 3.8) is 0 Å². The average molecular weight is 1930 g/mol. The third-order valence-electron chi connectivity index (χ3n) is 23.9. The van der Waals surface area contributed by atoms with Gasteiger partial charge < -0.3 is 53.6 Å². The van der Waals surface area contributed by atoms with Crippen molar-refractivity contribution in [2.45, 2.75) is 128 Å². The van der Waals surface area contributed by atoms with Crippen LogP contribution in [0, 0.1) is 0 Å². The van der Waals surface area contributed by atoms with Gasteiger partial charge in [0.05, 0.1) is 5.75 Å². The molecule has 4 aliphatic rings. The lowest BCUT2D eigenvalue weighted by atomic mass is 10.0. The highest BCUT2D eigenvalue weighted by Gasteiger charge is 2.32. The quantitative estimate of drug-likeness (QED) is 0.0182. The van der Waals surface area contributed by atoms with Crippen LogP contribution in [0.3, 0.4) is 0 Å². The van der Waals surface area contributed by atoms with Crippen LogP contribution in [-0.2, 0) is 55.2 Å². The van der Waals surface area contributed by atoms with E-state index in [1.54, 1.807) is 26.1 Å². The molecule has 39 heteroatoms. The van der Waals surface area contributed by atoms with Crippen LogP contribution in [0.5, 0.6) is 0 Å². The highest BCUT2D eigenvalue weighted by atomic mass is 79.9. The molecule has 0 unspecified atom stereocenters. The summed E-state index contributed by atoms with van der Waals surface area (Å²) in [7, 11) is -1.35. The molecule has 5 aromatic heterocycles. The maximum atomic E-state index is 12.1. The van der Waals surface area contributed by atoms with Crippen molar-refractivity contribution in [1.29, 1.82) is 0 Å². The lowest BCUT2D eigenvalue weighted by Crippen LogP contribution is -2.47. The van der Waals surface area contributed by atoms with Crippen molar-refractivity contribution < 1.29 is 18.0 Å². The smallest absolute Gasteiger partial charge is 0.251 e. The van der Waals surface area contributed by atoms with Crippen molar-refractivity contribution in [3.05, 3.63) is 239 Å². The fourth-order valence-electron chi connectivity index (χ4n) is 16.6. The van der Waals surface area contributed by atoms with Gasteiger partial charge in [-0.2, -0.15) is 25.1 Å². The number of rotatable bonds is 33. The van der Waals surface area contributed by atoms with Crippen molar-refractivity contribution >= 4 is 124 Å². The van der Waals surface area contributed by atoms with Gasteiger partial charge in [-0.15, -0.1) is 30.6 Å². The molecule has 4 fully saturated rings. The van der Waals surface area contributed by atoms with E-state index < -0.39 is 15.7 Å². The topological polar surface area (TPSA) is 457 Å². The summed E-state index contributed by atoms with van der Waals surface area (Å²) in [4.78, 5) is 59.0. The fraction of sp³-hybridized carbons (Fsp3) is 0.404. The number of aromatic nitrogens is 16. The van der Waals surface area contributed by atoms with E-state index in [0.29, 0.717) is 95.3 Å². The van der Waals surface area contributed by atoms with Gasteiger partial charge in [-0.05, 0) is 200 Å². The molecule has 34 nitrogen and oxygen atoms in total. The SMILES string of the molecule is CCS(=O)(=O)CCN(CCc1ccc(Cl)cc1)C1CCN(c2n[nH]c(N)n2)CC1.CNC(=O)c1ccc(CN(CCc2ccc(Br)cc2)C2CCN(c3n[nH]c(N)n3)CC2)cc1.NC(=O)c1ccc(CN(CCc2ccc(Br)cc2)C2CCN(c3n[nH]c(N)n3)CC2)cc1.Nc1nc(N2CCC(N(CCc3ccc(Cl)cc3)Cc3cccc(-c4nn[nH]n4)c3)CC2)n[nH]1. The monoisotopic (exact) mass is 1930 g/mol. The molecule has 0 radical (unpaired) electrons. The molecule has 0 atom stereocenters. The summed E-state index contributed by atoms with van der Waals surface area (Å²) in [6.45, 7) is 15.5. The van der Waals surface area contributed by atoms with Gasteiger partial charge in [0, 0.05) is 177 Å². The van der Waals surface area contributed by atoms with E-state index in [-0.39, 0.29) is 17.4 Å². The Morgan fingerprint density at radius 1 is 0.438 bits per heavy atom. The van der Waals surface area contributed by atoms with Gasteiger partial charge >= 0.3 is 0 Å². The first kappa shape index (κ1) is 94.5. The minimum Gasteiger partial charge on any atom is -0.368 e. The molecular weight excluding hydrogens is 1820 g/mol. The van der Waals surface area contributed by atoms with Gasteiger partial charge in [0.25, 0.3) is 5.91 Å². The molecule has 16 rings (SSSR count). The van der Waals surface area contributed by atoms with Crippen LogP contribution in [0.2, 0.25) is 10.0 Å². The van der Waals surface area contributed by atoms with Crippen molar-refractivity contribution in [2.24, 2.45) is 5.73 Å². The number of nitrogens with zero attached hydrogens (tertiary/aromatic N) is 19. The molecule has 4 aliphatic heterocycles. The van der Waals surface area contributed by atoms with Gasteiger partial charge in [0.15, 0.2) is 9.84 Å². The molecule has 12 aromatic rings. The molecule has 678 valence electrons. The second kappa shape index (κ2) is 46.7. The molecule has 128 heavy (non-hydrogen) atoms. The summed E-state index contributed by atoms with van der Waals surface area (Å²) in [5, 5.41) is 46.2. The van der Waals surface area contributed by atoms with E-state index in [1.807, 2.05) is 66.7 Å². The molecule has 2 amide bonds. The van der Waals surface area contributed by atoms with Gasteiger partial charge in [-0.3, -0.25) is 29.2 Å². The van der Waals surface area contributed by atoms with Crippen molar-refractivity contribution in [3.8, 4) is 11.4 Å². The average Bonchev–Trinajstić information content (AvgIpc) is 1.47. The number of piperidine rings is 4. The number of nitrogen functional groups attached to an aromatic ring is 4. The first-order chi connectivity index (χ1) is 62.0. The van der Waals surface area contributed by atoms with E-state index in [0.717, 1.165) is 200 Å². The van der Waals surface area contributed by atoms with Crippen LogP contribution < -0.4 is 53.6 Å². The highest BCUT2D eigenvalue weighted by Crippen LogP contribution is 2.30. The Bertz CT molecular complexity index is 5490. The molecule has 0 bridgehead atoms. The molecule has 7 aromatic carbocycles. The van der Waals surface area contributed by atoms with E-state index >= 15 is 0 Å². The molecule has 4 saturated heterocycles. The zero-order chi connectivity index (χ0) is 89.9. The van der Waals surface area contributed by atoms with E-state index in [2.05, 4.69) is 249 Å². The predicted molar refractivity (Wildman–Crippen MR) is 512 cm³/mol. The summed E-state index contributed by atoms with van der Waals surface area (Å²) in [6.07, 6.45) is 11.8. The summed E-state index contributed by atoms with van der Waals surface area (Å²) >= 11 is 19.1. The summed E-state index contributed by atoms with van der Waals surface area (Å²) in [6, 6.07) is 58.6. The first-order valence-electron chi connectivity index (χ1n) is 43.4. The molecule has 16 N–H and O–H groups in total. The lowest BCUT2D eigenvalue weighted by molar-refractivity contribution is 0.0961. The zero-order valence-electron chi connectivity index (χ0n) is 72.1. The number of aromatic amines is 5. The van der Waals surface area contributed by atoms with Crippen LogP contribution in [0.25, 0.3) is 11.4 Å². The molecule has 0 spiro atoms. The third-order valence-corrected chi connectivity index (χ3v) is 27.2. The highest BCUT2D eigenvalue weighted by molar-refractivity contribution is 9.10. The van der Waals surface area contributed by atoms with Crippen molar-refractivity contribution in [2.75, 3.05) is 146 Å². The van der Waals surface area contributed by atoms with E-state index in [9.17, 15) is 18.0 Å². The molecule has 9 heterocycles.